The van der Waals surface area contributed by atoms with Crippen LogP contribution >= 0.6 is 0 Å². The molecule has 202 valence electrons. The van der Waals surface area contributed by atoms with Crippen LogP contribution in [0.4, 0.5) is 0 Å². The quantitative estimate of drug-likeness (QED) is 0.225. The number of benzene rings is 5. The molecule has 0 spiro atoms. The van der Waals surface area contributed by atoms with E-state index < -0.39 is 5.92 Å². The molecule has 43 heavy (non-hydrogen) atoms. The first kappa shape index (κ1) is 27.2. The molecular weight excluding hydrogens is 522 g/mol. The van der Waals surface area contributed by atoms with Crippen LogP contribution < -0.4 is 0 Å². The van der Waals surface area contributed by atoms with Crippen molar-refractivity contribution in [2.24, 2.45) is 0 Å². The summed E-state index contributed by atoms with van der Waals surface area (Å²) < 4.78 is 0. The van der Waals surface area contributed by atoms with E-state index in [4.69, 9.17) is 0 Å². The molecule has 1 aliphatic carbocycles. The standard InChI is InChI=1S/C40H27N3/c1-26-11-10-15-29(23-41)27(2)39(33-16-7-6-14-30(33)24-42)40-31(25-43)19-20-37(38(26)40)36-22-21-32(28-12-4-3-5-13-28)34-17-8-9-18-35(34)36/h3-22,26,39H,2H2,1H3/b11-10-,29-15-. The maximum absolute atomic E-state index is 10.5. The van der Waals surface area contributed by atoms with Gasteiger partial charge in [-0.3, -0.25) is 0 Å². The molecule has 0 fully saturated rings. The van der Waals surface area contributed by atoms with Gasteiger partial charge in [0.15, 0.2) is 0 Å². The van der Waals surface area contributed by atoms with E-state index in [0.29, 0.717) is 22.3 Å². The Morgan fingerprint density at radius 1 is 0.605 bits per heavy atom. The summed E-state index contributed by atoms with van der Waals surface area (Å²) in [5.74, 6) is -0.673. The fraction of sp³-hybridized carbons (Fsp3) is 0.0750. The van der Waals surface area contributed by atoms with Crippen molar-refractivity contribution in [1.29, 1.82) is 15.8 Å². The number of nitriles is 3. The molecule has 0 N–H and O–H groups in total. The highest BCUT2D eigenvalue weighted by molar-refractivity contribution is 6.05. The lowest BCUT2D eigenvalue weighted by atomic mass is 9.73. The van der Waals surface area contributed by atoms with Gasteiger partial charge in [-0.1, -0.05) is 117 Å². The van der Waals surface area contributed by atoms with Crippen molar-refractivity contribution in [3.05, 3.63) is 167 Å². The molecular formula is C40H27N3. The van der Waals surface area contributed by atoms with Crippen LogP contribution in [0.3, 0.4) is 0 Å². The van der Waals surface area contributed by atoms with E-state index in [2.05, 4.69) is 86.3 Å². The van der Waals surface area contributed by atoms with Crippen LogP contribution in [-0.4, -0.2) is 0 Å². The summed E-state index contributed by atoms with van der Waals surface area (Å²) in [4.78, 5) is 0. The average Bonchev–Trinajstić information content (AvgIpc) is 3.11. The van der Waals surface area contributed by atoms with Gasteiger partial charge in [-0.25, -0.2) is 0 Å². The topological polar surface area (TPSA) is 71.4 Å². The lowest BCUT2D eigenvalue weighted by Crippen LogP contribution is -2.14. The van der Waals surface area contributed by atoms with Crippen molar-refractivity contribution >= 4 is 10.8 Å². The first-order chi connectivity index (χ1) is 21.1. The number of hydrogen-bond acceptors (Lipinski definition) is 3. The van der Waals surface area contributed by atoms with Gasteiger partial charge in [-0.2, -0.15) is 15.8 Å². The van der Waals surface area contributed by atoms with Crippen LogP contribution in [0.25, 0.3) is 33.0 Å². The Morgan fingerprint density at radius 2 is 1.23 bits per heavy atom. The van der Waals surface area contributed by atoms with Crippen LogP contribution in [0.15, 0.2) is 139 Å². The smallest absolute Gasteiger partial charge is 0.0994 e. The number of rotatable bonds is 3. The second kappa shape index (κ2) is 11.5. The molecule has 0 saturated carbocycles. The van der Waals surface area contributed by atoms with Gasteiger partial charge < -0.3 is 0 Å². The second-order valence-electron chi connectivity index (χ2n) is 10.7. The van der Waals surface area contributed by atoms with Gasteiger partial charge in [0.2, 0.25) is 0 Å². The predicted octanol–water partition coefficient (Wildman–Crippen LogP) is 9.73. The molecule has 0 saturated heterocycles. The van der Waals surface area contributed by atoms with Crippen molar-refractivity contribution in [3.8, 4) is 40.5 Å². The summed E-state index contributed by atoms with van der Waals surface area (Å²) in [6.45, 7) is 6.51. The summed E-state index contributed by atoms with van der Waals surface area (Å²) in [6.07, 6.45) is 5.74. The van der Waals surface area contributed by atoms with E-state index in [1.165, 1.54) is 0 Å². The van der Waals surface area contributed by atoms with Crippen LogP contribution in [-0.2, 0) is 0 Å². The summed E-state index contributed by atoms with van der Waals surface area (Å²) >= 11 is 0. The molecule has 3 heteroatoms. The molecule has 6 rings (SSSR count). The minimum Gasteiger partial charge on any atom is -0.192 e. The molecule has 0 heterocycles. The van der Waals surface area contributed by atoms with E-state index in [9.17, 15) is 15.8 Å². The summed E-state index contributed by atoms with van der Waals surface area (Å²) in [5, 5.41) is 32.9. The van der Waals surface area contributed by atoms with Crippen molar-refractivity contribution in [2.45, 2.75) is 18.8 Å². The highest BCUT2D eigenvalue weighted by Gasteiger charge is 2.31. The fourth-order valence-electron chi connectivity index (χ4n) is 6.33. The zero-order valence-corrected chi connectivity index (χ0v) is 23.8. The van der Waals surface area contributed by atoms with Crippen LogP contribution in [0.5, 0.6) is 0 Å². The SMILES string of the molecule is C=C1/C(C#N)=C\C=C/C(C)c2c(-c3ccc(-c4ccccc4)c4ccccc34)ccc(C#N)c2C1c1ccccc1C#N. The molecule has 0 amide bonds. The molecule has 0 radical (unpaired) electrons. The number of hydrogen-bond donors (Lipinski definition) is 0. The maximum atomic E-state index is 10.5. The Bertz CT molecular complexity index is 2090. The molecule has 0 bridgehead atoms. The van der Waals surface area contributed by atoms with E-state index >= 15 is 0 Å². The van der Waals surface area contributed by atoms with Crippen molar-refractivity contribution < 1.29 is 0 Å². The van der Waals surface area contributed by atoms with Crippen LogP contribution in [0, 0.1) is 34.0 Å². The number of allylic oxidation sites excluding steroid dienone is 5. The van der Waals surface area contributed by atoms with Gasteiger partial charge in [-0.15, -0.1) is 0 Å². The molecule has 5 aromatic carbocycles. The van der Waals surface area contributed by atoms with Gasteiger partial charge in [0.25, 0.3) is 0 Å². The third kappa shape index (κ3) is 4.73. The Kier molecular flexibility index (Phi) is 7.28. The van der Waals surface area contributed by atoms with E-state index in [0.717, 1.165) is 49.7 Å². The lowest BCUT2D eigenvalue weighted by Gasteiger charge is -2.28. The first-order valence-corrected chi connectivity index (χ1v) is 14.2. The average molecular weight is 550 g/mol. The van der Waals surface area contributed by atoms with Gasteiger partial charge >= 0.3 is 0 Å². The third-order valence-corrected chi connectivity index (χ3v) is 8.32. The molecule has 5 aromatic rings. The Hall–Kier alpha value is -5.95. The largest absolute Gasteiger partial charge is 0.192 e. The summed E-state index contributed by atoms with van der Waals surface area (Å²) in [5.41, 5.74) is 8.82. The molecule has 1 aliphatic rings. The predicted molar refractivity (Wildman–Crippen MR) is 173 cm³/mol. The van der Waals surface area contributed by atoms with Crippen molar-refractivity contribution in [1.82, 2.24) is 0 Å². The zero-order chi connectivity index (χ0) is 29.9. The molecule has 2 unspecified atom stereocenters. The molecule has 0 aliphatic heterocycles. The van der Waals surface area contributed by atoms with Crippen LogP contribution in [0.1, 0.15) is 46.6 Å². The normalized spacial score (nSPS) is 18.0. The van der Waals surface area contributed by atoms with E-state index in [1.807, 2.05) is 54.6 Å². The third-order valence-electron chi connectivity index (χ3n) is 8.32. The highest BCUT2D eigenvalue weighted by atomic mass is 14.4. The van der Waals surface area contributed by atoms with Crippen LogP contribution in [0.2, 0.25) is 0 Å². The number of fused-ring (bicyclic) bond motifs is 2. The van der Waals surface area contributed by atoms with Gasteiger partial charge in [-0.05, 0) is 73.5 Å². The van der Waals surface area contributed by atoms with Gasteiger partial charge in [0, 0.05) is 11.8 Å². The fourth-order valence-corrected chi connectivity index (χ4v) is 6.33. The Labute approximate surface area is 252 Å². The minimum absolute atomic E-state index is 0.107. The van der Waals surface area contributed by atoms with E-state index in [1.54, 1.807) is 12.1 Å². The Balaban J connectivity index is 1.72. The monoisotopic (exact) mass is 549 g/mol. The Morgan fingerprint density at radius 3 is 1.95 bits per heavy atom. The minimum atomic E-state index is -0.566. The van der Waals surface area contributed by atoms with E-state index in [-0.39, 0.29) is 5.92 Å². The van der Waals surface area contributed by atoms with Gasteiger partial charge in [0.1, 0.15) is 0 Å². The summed E-state index contributed by atoms with van der Waals surface area (Å²) in [6, 6.07) is 41.5. The highest BCUT2D eigenvalue weighted by Crippen LogP contribution is 2.47. The maximum Gasteiger partial charge on any atom is 0.0994 e. The van der Waals surface area contributed by atoms with Gasteiger partial charge in [0.05, 0.1) is 34.9 Å². The lowest BCUT2D eigenvalue weighted by molar-refractivity contribution is 0.885. The van der Waals surface area contributed by atoms with Crippen molar-refractivity contribution in [2.75, 3.05) is 0 Å². The molecule has 0 aromatic heterocycles. The van der Waals surface area contributed by atoms with Crippen molar-refractivity contribution in [3.63, 3.8) is 0 Å². The number of nitrogens with zero attached hydrogens (tertiary/aromatic N) is 3. The first-order valence-electron chi connectivity index (χ1n) is 14.2. The zero-order valence-electron chi connectivity index (χ0n) is 23.8. The summed E-state index contributed by atoms with van der Waals surface area (Å²) in [7, 11) is 0. The molecule has 3 nitrogen and oxygen atoms in total. The molecule has 2 atom stereocenters. The second-order valence-corrected chi connectivity index (χ2v) is 10.7.